The molecular weight excluding hydrogens is 170 g/mol. The van der Waals surface area contributed by atoms with E-state index < -0.39 is 4.92 Å². The van der Waals surface area contributed by atoms with Crippen molar-refractivity contribution >= 4 is 6.08 Å². The summed E-state index contributed by atoms with van der Waals surface area (Å²) in [6.45, 7) is 0. The summed E-state index contributed by atoms with van der Waals surface area (Å²) in [6, 6.07) is 8.99. The van der Waals surface area contributed by atoms with E-state index in [4.69, 9.17) is 0 Å². The van der Waals surface area contributed by atoms with Crippen molar-refractivity contribution in [3.8, 4) is 0 Å². The van der Waals surface area contributed by atoms with Crippen LogP contribution in [0, 0.1) is 10.1 Å². The fourth-order valence-electron chi connectivity index (χ4n) is 0.878. The summed E-state index contributed by atoms with van der Waals surface area (Å²) >= 11 is 0. The first-order valence-corrected chi connectivity index (χ1v) is 3.69. The Hall–Kier alpha value is -1.84. The number of hydrogen-bond donors (Lipinski definition) is 0. The van der Waals surface area contributed by atoms with Gasteiger partial charge in [-0.1, -0.05) is 30.3 Å². The summed E-state index contributed by atoms with van der Waals surface area (Å²) in [6.07, 6.45) is 1.38. The molecule has 1 aromatic carbocycles. The highest BCUT2D eigenvalue weighted by Crippen LogP contribution is 2.06. The van der Waals surface area contributed by atoms with Gasteiger partial charge in [0.1, 0.15) is 4.92 Å². The number of hydrogen-bond acceptors (Lipinski definition) is 3. The first-order valence-electron chi connectivity index (χ1n) is 3.69. The van der Waals surface area contributed by atoms with E-state index in [1.807, 2.05) is 6.07 Å². The largest absolute Gasteiger partial charge is 0.444 e. The number of rotatable bonds is 3. The molecule has 0 aliphatic heterocycles. The lowest BCUT2D eigenvalue weighted by Crippen LogP contribution is -1.99. The molecule has 4 nitrogen and oxygen atoms in total. The average Bonchev–Trinajstić information content (AvgIpc) is 2.15. The van der Waals surface area contributed by atoms with Crippen LogP contribution >= 0.6 is 0 Å². The van der Waals surface area contributed by atoms with Gasteiger partial charge in [0, 0.05) is 0 Å². The van der Waals surface area contributed by atoms with Crippen LogP contribution in [0.5, 0.6) is 0 Å². The molecule has 0 saturated heterocycles. The Bertz CT molecular complexity index is 319. The molecule has 0 N–H and O–H groups in total. The maximum Gasteiger partial charge on any atom is 0.428 e. The molecule has 0 saturated carbocycles. The number of ether oxygens (including phenoxy) is 1. The van der Waals surface area contributed by atoms with E-state index in [-0.39, 0.29) is 5.88 Å². The average molecular weight is 179 g/mol. The summed E-state index contributed by atoms with van der Waals surface area (Å²) in [4.78, 5) is 9.78. The second-order valence-electron chi connectivity index (χ2n) is 2.35. The minimum atomic E-state index is -0.562. The molecule has 4 heteroatoms. The highest BCUT2D eigenvalue weighted by atomic mass is 16.7. The van der Waals surface area contributed by atoms with E-state index in [9.17, 15) is 10.1 Å². The first-order chi connectivity index (χ1) is 6.24. The third-order valence-electron chi connectivity index (χ3n) is 1.48. The summed E-state index contributed by atoms with van der Waals surface area (Å²) in [5, 5.41) is 10.3. The van der Waals surface area contributed by atoms with Crippen LogP contribution in [0.4, 0.5) is 0 Å². The number of nitro groups is 1. The standard InChI is InChI=1S/C9H9NO3/c1-13-9(10(11)12)7-8-5-3-2-4-6-8/h2-7H,1H3. The van der Waals surface area contributed by atoms with E-state index in [0.29, 0.717) is 0 Å². The highest BCUT2D eigenvalue weighted by molar-refractivity contribution is 5.49. The van der Waals surface area contributed by atoms with Gasteiger partial charge in [-0.2, -0.15) is 0 Å². The third-order valence-corrected chi connectivity index (χ3v) is 1.48. The summed E-state index contributed by atoms with van der Waals surface area (Å²) < 4.78 is 4.58. The van der Waals surface area contributed by atoms with E-state index in [1.54, 1.807) is 24.3 Å². The Balaban J connectivity index is 2.92. The van der Waals surface area contributed by atoms with Crippen molar-refractivity contribution in [1.29, 1.82) is 0 Å². The minimum absolute atomic E-state index is 0.258. The van der Waals surface area contributed by atoms with E-state index >= 15 is 0 Å². The molecule has 0 atom stereocenters. The quantitative estimate of drug-likeness (QED) is 0.404. The highest BCUT2D eigenvalue weighted by Gasteiger charge is 2.08. The smallest absolute Gasteiger partial charge is 0.428 e. The van der Waals surface area contributed by atoms with Gasteiger partial charge in [-0.05, 0) is 5.56 Å². The molecule has 0 aliphatic rings. The van der Waals surface area contributed by atoms with Gasteiger partial charge in [0.25, 0.3) is 0 Å². The van der Waals surface area contributed by atoms with Crippen LogP contribution in [0.3, 0.4) is 0 Å². The molecule has 0 radical (unpaired) electrons. The Labute approximate surface area is 75.6 Å². The van der Waals surface area contributed by atoms with Crippen molar-refractivity contribution in [2.75, 3.05) is 7.11 Å². The van der Waals surface area contributed by atoms with Gasteiger partial charge in [0.2, 0.25) is 0 Å². The molecule has 68 valence electrons. The molecule has 0 aliphatic carbocycles. The zero-order valence-electron chi connectivity index (χ0n) is 7.14. The van der Waals surface area contributed by atoms with Gasteiger partial charge in [-0.3, -0.25) is 10.1 Å². The van der Waals surface area contributed by atoms with Gasteiger partial charge in [-0.15, -0.1) is 0 Å². The molecule has 0 unspecified atom stereocenters. The number of benzene rings is 1. The van der Waals surface area contributed by atoms with Gasteiger partial charge in [0.05, 0.1) is 13.2 Å². The maximum absolute atomic E-state index is 10.3. The van der Waals surface area contributed by atoms with Crippen LogP contribution in [0.25, 0.3) is 6.08 Å². The number of nitrogens with zero attached hydrogens (tertiary/aromatic N) is 1. The van der Waals surface area contributed by atoms with Crippen molar-refractivity contribution in [1.82, 2.24) is 0 Å². The topological polar surface area (TPSA) is 52.4 Å². The molecule has 0 spiro atoms. The van der Waals surface area contributed by atoms with Crippen molar-refractivity contribution < 1.29 is 9.66 Å². The van der Waals surface area contributed by atoms with Crippen LogP contribution in [0.15, 0.2) is 36.2 Å². The monoisotopic (exact) mass is 179 g/mol. The Morgan fingerprint density at radius 3 is 2.54 bits per heavy atom. The van der Waals surface area contributed by atoms with Crippen molar-refractivity contribution in [3.63, 3.8) is 0 Å². The minimum Gasteiger partial charge on any atom is -0.444 e. The Morgan fingerprint density at radius 1 is 1.46 bits per heavy atom. The van der Waals surface area contributed by atoms with Crippen LogP contribution in [-0.4, -0.2) is 12.0 Å². The fraction of sp³-hybridized carbons (Fsp3) is 0.111. The molecule has 1 rings (SSSR count). The molecular formula is C9H9NO3. The summed E-state index contributed by atoms with van der Waals surface area (Å²) in [5.41, 5.74) is 0.746. The molecule has 0 aromatic heterocycles. The summed E-state index contributed by atoms with van der Waals surface area (Å²) in [5.74, 6) is -0.258. The SMILES string of the molecule is COC(=Cc1ccccc1)[N+](=O)[O-]. The summed E-state index contributed by atoms with van der Waals surface area (Å²) in [7, 11) is 1.28. The molecule has 1 aromatic rings. The lowest BCUT2D eigenvalue weighted by molar-refractivity contribution is -0.459. The lowest BCUT2D eigenvalue weighted by Gasteiger charge is -1.95. The van der Waals surface area contributed by atoms with Crippen molar-refractivity contribution in [2.24, 2.45) is 0 Å². The predicted octanol–water partition coefficient (Wildman–Crippen LogP) is 1.91. The van der Waals surface area contributed by atoms with Crippen molar-refractivity contribution in [2.45, 2.75) is 0 Å². The van der Waals surface area contributed by atoms with Gasteiger partial charge in [0.15, 0.2) is 0 Å². The molecule has 0 fully saturated rings. The molecule has 0 heterocycles. The van der Waals surface area contributed by atoms with Crippen LogP contribution in [-0.2, 0) is 4.74 Å². The van der Waals surface area contributed by atoms with E-state index in [1.165, 1.54) is 13.2 Å². The third kappa shape index (κ3) is 2.59. The number of methoxy groups -OCH3 is 1. The zero-order valence-corrected chi connectivity index (χ0v) is 7.14. The van der Waals surface area contributed by atoms with Gasteiger partial charge in [-0.25, -0.2) is 0 Å². The first kappa shape index (κ1) is 9.25. The lowest BCUT2D eigenvalue weighted by atomic mass is 10.2. The van der Waals surface area contributed by atoms with Crippen molar-refractivity contribution in [3.05, 3.63) is 51.9 Å². The second kappa shape index (κ2) is 4.25. The Kier molecular flexibility index (Phi) is 3.03. The Morgan fingerprint density at radius 2 is 2.08 bits per heavy atom. The van der Waals surface area contributed by atoms with Crippen LogP contribution in [0.1, 0.15) is 5.56 Å². The van der Waals surface area contributed by atoms with Gasteiger partial charge >= 0.3 is 5.88 Å². The molecule has 0 bridgehead atoms. The second-order valence-corrected chi connectivity index (χ2v) is 2.35. The van der Waals surface area contributed by atoms with E-state index in [2.05, 4.69) is 4.74 Å². The van der Waals surface area contributed by atoms with Crippen LogP contribution < -0.4 is 0 Å². The zero-order chi connectivity index (χ0) is 9.68. The predicted molar refractivity (Wildman–Crippen MR) is 48.4 cm³/mol. The normalized spacial score (nSPS) is 11.0. The van der Waals surface area contributed by atoms with E-state index in [0.717, 1.165) is 5.56 Å². The molecule has 13 heavy (non-hydrogen) atoms. The van der Waals surface area contributed by atoms with Crippen LogP contribution in [0.2, 0.25) is 0 Å². The maximum atomic E-state index is 10.3. The molecule has 0 amide bonds. The fourth-order valence-corrected chi connectivity index (χ4v) is 0.878. The van der Waals surface area contributed by atoms with Gasteiger partial charge < -0.3 is 4.74 Å².